The van der Waals surface area contributed by atoms with Gasteiger partial charge in [0.1, 0.15) is 23.3 Å². The van der Waals surface area contributed by atoms with E-state index in [1.807, 2.05) is 12.1 Å². The Morgan fingerprint density at radius 2 is 1.93 bits per heavy atom. The monoisotopic (exact) mass is 408 g/mol. The lowest BCUT2D eigenvalue weighted by Gasteiger charge is -2.29. The van der Waals surface area contributed by atoms with Gasteiger partial charge in [0.05, 0.1) is 25.3 Å². The first kappa shape index (κ1) is 19.2. The van der Waals surface area contributed by atoms with Crippen molar-refractivity contribution in [3.8, 4) is 22.8 Å². The minimum Gasteiger partial charge on any atom is -0.494 e. The van der Waals surface area contributed by atoms with Crippen LogP contribution in [0.25, 0.3) is 22.2 Å². The van der Waals surface area contributed by atoms with Crippen LogP contribution < -0.4 is 19.7 Å². The van der Waals surface area contributed by atoms with Gasteiger partial charge in [-0.3, -0.25) is 5.10 Å². The zero-order valence-electron chi connectivity index (χ0n) is 17.3. The summed E-state index contributed by atoms with van der Waals surface area (Å²) < 4.78 is 17.8. The van der Waals surface area contributed by atoms with Crippen LogP contribution in [0.3, 0.4) is 0 Å². The highest BCUT2D eigenvalue weighted by Crippen LogP contribution is 2.35. The van der Waals surface area contributed by atoms with Crippen molar-refractivity contribution in [2.24, 2.45) is 0 Å². The van der Waals surface area contributed by atoms with Gasteiger partial charge in [-0.2, -0.15) is 5.10 Å². The summed E-state index contributed by atoms with van der Waals surface area (Å²) in [7, 11) is 0. The Kier molecular flexibility index (Phi) is 5.46. The summed E-state index contributed by atoms with van der Waals surface area (Å²) in [5.74, 6) is 1.73. The topological polar surface area (TPSA) is 71.6 Å². The number of hydrogen-bond donors (Lipinski definition) is 2. The Bertz CT molecular complexity index is 1010. The first-order valence-corrected chi connectivity index (χ1v) is 10.7. The molecule has 2 aliphatic heterocycles. The molecule has 2 N–H and O–H groups in total. The molecule has 0 unspecified atom stereocenters. The van der Waals surface area contributed by atoms with E-state index < -0.39 is 0 Å². The molecule has 0 amide bonds. The number of anilines is 1. The Hall–Kier alpha value is -2.77. The van der Waals surface area contributed by atoms with Crippen molar-refractivity contribution >= 4 is 16.6 Å². The minimum atomic E-state index is 0.0593. The molecule has 4 bridgehead atoms. The summed E-state index contributed by atoms with van der Waals surface area (Å²) in [4.78, 5) is 2.35. The smallest absolute Gasteiger partial charge is 0.122 e. The van der Waals surface area contributed by atoms with E-state index in [0.29, 0.717) is 6.61 Å². The van der Waals surface area contributed by atoms with E-state index in [1.54, 1.807) is 0 Å². The number of nitrogens with one attached hydrogen (secondary N) is 2. The third-order valence-corrected chi connectivity index (χ3v) is 5.61. The maximum atomic E-state index is 6.30. The molecule has 1 aromatic heterocycles. The fourth-order valence-electron chi connectivity index (χ4n) is 4.06. The second-order valence-corrected chi connectivity index (χ2v) is 7.93. The Morgan fingerprint density at radius 1 is 1.03 bits per heavy atom. The molecule has 0 aliphatic carbocycles. The predicted molar refractivity (Wildman–Crippen MR) is 118 cm³/mol. The van der Waals surface area contributed by atoms with E-state index in [0.717, 1.165) is 85.2 Å². The summed E-state index contributed by atoms with van der Waals surface area (Å²) in [5.41, 5.74) is 4.08. The molecule has 0 spiro atoms. The second-order valence-electron chi connectivity index (χ2n) is 7.93. The van der Waals surface area contributed by atoms with Gasteiger partial charge < -0.3 is 24.4 Å². The molecule has 158 valence electrons. The summed E-state index contributed by atoms with van der Waals surface area (Å²) in [6.45, 7) is 7.69. The summed E-state index contributed by atoms with van der Waals surface area (Å²) in [6.07, 6.45) is 1.00. The van der Waals surface area contributed by atoms with Crippen LogP contribution in [0.1, 0.15) is 13.3 Å². The van der Waals surface area contributed by atoms with Gasteiger partial charge in [-0.15, -0.1) is 0 Å². The molecular weight excluding hydrogens is 380 g/mol. The third kappa shape index (κ3) is 4.08. The van der Waals surface area contributed by atoms with Gasteiger partial charge in [0.25, 0.3) is 0 Å². The predicted octanol–water partition coefficient (Wildman–Crippen LogP) is 3.21. The lowest BCUT2D eigenvalue weighted by molar-refractivity contribution is 0.122. The lowest BCUT2D eigenvalue weighted by atomic mass is 10.1. The van der Waals surface area contributed by atoms with E-state index in [2.05, 4.69) is 51.6 Å². The van der Waals surface area contributed by atoms with Gasteiger partial charge >= 0.3 is 0 Å². The van der Waals surface area contributed by atoms with E-state index >= 15 is 0 Å². The Balaban J connectivity index is 1.60. The van der Waals surface area contributed by atoms with Gasteiger partial charge in [0.15, 0.2) is 0 Å². The number of H-pyrrole nitrogens is 1. The maximum Gasteiger partial charge on any atom is 0.122 e. The number of benzene rings is 2. The van der Waals surface area contributed by atoms with Crippen LogP contribution >= 0.6 is 0 Å². The zero-order chi connectivity index (χ0) is 20.3. The molecule has 1 saturated heterocycles. The fourth-order valence-corrected chi connectivity index (χ4v) is 4.06. The molecule has 0 saturated carbocycles. The van der Waals surface area contributed by atoms with Gasteiger partial charge in [0, 0.05) is 42.3 Å². The zero-order valence-corrected chi connectivity index (χ0v) is 17.3. The average molecular weight is 409 g/mol. The number of hydrogen-bond acceptors (Lipinski definition) is 6. The quantitative estimate of drug-likeness (QED) is 0.644. The van der Waals surface area contributed by atoms with Crippen molar-refractivity contribution in [2.45, 2.75) is 19.4 Å². The number of rotatable bonds is 1. The standard InChI is InChI=1S/C23H28N4O3/c1-16-15-24-5-2-8-29-19-3-4-22-21(14-19)23(26-25-22)17-11-18(13-20(12-17)30-16)27-6-9-28-10-7-27/h3-4,11-14,16,24H,2,5-10,15H2,1H3,(H,25,26)/t16-/m0/s1. The number of aromatic amines is 1. The molecule has 1 atom stereocenters. The Labute approximate surface area is 176 Å². The van der Waals surface area contributed by atoms with E-state index in [1.165, 1.54) is 0 Å². The van der Waals surface area contributed by atoms with Crippen molar-refractivity contribution in [3.05, 3.63) is 36.4 Å². The van der Waals surface area contributed by atoms with Gasteiger partial charge in [-0.1, -0.05) is 0 Å². The van der Waals surface area contributed by atoms with Crippen LogP contribution in [0.2, 0.25) is 0 Å². The molecule has 5 rings (SSSR count). The highest BCUT2D eigenvalue weighted by molar-refractivity contribution is 5.94. The van der Waals surface area contributed by atoms with Crippen LogP contribution in [0, 0.1) is 0 Å². The van der Waals surface area contributed by atoms with Crippen molar-refractivity contribution in [2.75, 3.05) is 50.9 Å². The van der Waals surface area contributed by atoms with E-state index in [4.69, 9.17) is 14.2 Å². The van der Waals surface area contributed by atoms with Crippen molar-refractivity contribution < 1.29 is 14.2 Å². The number of nitrogens with zero attached hydrogens (tertiary/aromatic N) is 2. The van der Waals surface area contributed by atoms with E-state index in [9.17, 15) is 0 Å². The highest BCUT2D eigenvalue weighted by Gasteiger charge is 2.18. The third-order valence-electron chi connectivity index (χ3n) is 5.61. The first-order chi connectivity index (χ1) is 14.8. The molecule has 3 heterocycles. The number of ether oxygens (including phenoxy) is 3. The summed E-state index contributed by atoms with van der Waals surface area (Å²) in [6, 6.07) is 12.5. The lowest BCUT2D eigenvalue weighted by Crippen LogP contribution is -2.36. The molecular formula is C23H28N4O3. The number of morpholine rings is 1. The molecule has 1 fully saturated rings. The molecule has 0 radical (unpaired) electrons. The molecule has 3 aromatic rings. The second kappa shape index (κ2) is 8.53. The maximum absolute atomic E-state index is 6.30. The largest absolute Gasteiger partial charge is 0.494 e. The van der Waals surface area contributed by atoms with Gasteiger partial charge in [0.2, 0.25) is 0 Å². The summed E-state index contributed by atoms with van der Waals surface area (Å²) >= 11 is 0. The van der Waals surface area contributed by atoms with Crippen LogP contribution in [0.5, 0.6) is 11.5 Å². The van der Waals surface area contributed by atoms with Gasteiger partial charge in [-0.25, -0.2) is 0 Å². The van der Waals surface area contributed by atoms with Crippen LogP contribution in [-0.2, 0) is 4.74 Å². The van der Waals surface area contributed by atoms with Crippen molar-refractivity contribution in [3.63, 3.8) is 0 Å². The molecule has 7 heteroatoms. The average Bonchev–Trinajstić information content (AvgIpc) is 3.19. The Morgan fingerprint density at radius 3 is 2.83 bits per heavy atom. The minimum absolute atomic E-state index is 0.0593. The molecule has 2 aliphatic rings. The van der Waals surface area contributed by atoms with Crippen molar-refractivity contribution in [1.82, 2.24) is 15.5 Å². The number of fused-ring (bicyclic) bond motifs is 4. The molecule has 30 heavy (non-hydrogen) atoms. The normalized spacial score (nSPS) is 20.3. The SMILES string of the molecule is C[C@H]1CNCCCOc2ccc3[nH]nc(c3c2)-c2cc(cc(N3CCOCC3)c2)O1. The fraction of sp³-hybridized carbons (Fsp3) is 0.435. The van der Waals surface area contributed by atoms with E-state index in [-0.39, 0.29) is 6.10 Å². The highest BCUT2D eigenvalue weighted by atomic mass is 16.5. The molecule has 7 nitrogen and oxygen atoms in total. The van der Waals surface area contributed by atoms with Crippen LogP contribution in [0.15, 0.2) is 36.4 Å². The van der Waals surface area contributed by atoms with Gasteiger partial charge in [-0.05, 0) is 50.2 Å². The number of aromatic nitrogens is 2. The van der Waals surface area contributed by atoms with Crippen molar-refractivity contribution in [1.29, 1.82) is 0 Å². The van der Waals surface area contributed by atoms with Crippen LogP contribution in [-0.4, -0.2) is 62.3 Å². The van der Waals surface area contributed by atoms with Crippen LogP contribution in [0.4, 0.5) is 5.69 Å². The first-order valence-electron chi connectivity index (χ1n) is 10.7. The summed E-state index contributed by atoms with van der Waals surface area (Å²) in [5, 5.41) is 12.3. The molecule has 2 aromatic carbocycles.